The van der Waals surface area contributed by atoms with Crippen molar-refractivity contribution in [2.24, 2.45) is 0 Å². The lowest BCUT2D eigenvalue weighted by molar-refractivity contribution is 0.577. The number of hydrogen-bond acceptors (Lipinski definition) is 0. The molecule has 0 fully saturated rings. The summed E-state index contributed by atoms with van der Waals surface area (Å²) in [6.45, 7) is 9.59. The van der Waals surface area contributed by atoms with Crippen LogP contribution in [-0.2, 0) is 0 Å². The molecule has 0 saturated carbocycles. The Morgan fingerprint density at radius 2 is 1.38 bits per heavy atom. The molecule has 1 rings (SSSR count). The highest BCUT2D eigenvalue weighted by molar-refractivity contribution is 5.16. The third-order valence-corrected chi connectivity index (χ3v) is 1.13. The van der Waals surface area contributed by atoms with Gasteiger partial charge in [0, 0.05) is 6.07 Å². The van der Waals surface area contributed by atoms with Crippen LogP contribution in [0.4, 0.5) is 8.78 Å². The fraction of sp³-hybridized carbons (Fsp3) is 0.455. The van der Waals surface area contributed by atoms with Gasteiger partial charge >= 0.3 is 0 Å². The summed E-state index contributed by atoms with van der Waals surface area (Å²) in [7, 11) is 0. The molecule has 0 aromatic heterocycles. The molecule has 0 nitrogen and oxygen atoms in total. The minimum Gasteiger partial charge on any atom is -0.207 e. The van der Waals surface area contributed by atoms with Gasteiger partial charge in [0.15, 0.2) is 0 Å². The fourth-order valence-electron chi connectivity index (χ4n) is 0.567. The van der Waals surface area contributed by atoms with E-state index in [4.69, 9.17) is 0 Å². The summed E-state index contributed by atoms with van der Waals surface area (Å²) in [5.74, 6) is -1.02. The van der Waals surface area contributed by atoms with Crippen molar-refractivity contribution < 1.29 is 8.78 Å². The Bertz CT molecular complexity index is 219. The van der Waals surface area contributed by atoms with Crippen LogP contribution in [0, 0.1) is 18.6 Å². The lowest BCUT2D eigenvalue weighted by Gasteiger charge is -1.92. The molecule has 0 aliphatic carbocycles. The first kappa shape index (κ1) is 14.6. The van der Waals surface area contributed by atoms with E-state index in [0.29, 0.717) is 5.56 Å². The standard InChI is InChI=1S/C7H6F2.2C2H6/c1-5-2-3-6(8)4-7(5)9;2*1-2/h2-4H,1H3;2*1-2H3. The Labute approximate surface area is 79.6 Å². The second-order valence-electron chi connectivity index (χ2n) is 1.89. The quantitative estimate of drug-likeness (QED) is 0.568. The smallest absolute Gasteiger partial charge is 0.129 e. The lowest BCUT2D eigenvalue weighted by Crippen LogP contribution is -1.81. The van der Waals surface area contributed by atoms with Crippen LogP contribution in [0.15, 0.2) is 18.2 Å². The predicted octanol–water partition coefficient (Wildman–Crippen LogP) is 4.33. The van der Waals surface area contributed by atoms with Crippen LogP contribution in [-0.4, -0.2) is 0 Å². The molecule has 1 aromatic carbocycles. The minimum atomic E-state index is -0.530. The maximum Gasteiger partial charge on any atom is 0.129 e. The third-order valence-electron chi connectivity index (χ3n) is 1.13. The topological polar surface area (TPSA) is 0 Å². The summed E-state index contributed by atoms with van der Waals surface area (Å²) in [6, 6.07) is 3.51. The van der Waals surface area contributed by atoms with Gasteiger partial charge in [0.05, 0.1) is 0 Å². The van der Waals surface area contributed by atoms with Crippen molar-refractivity contribution in [1.29, 1.82) is 0 Å². The number of benzene rings is 1. The van der Waals surface area contributed by atoms with Gasteiger partial charge in [-0.2, -0.15) is 0 Å². The van der Waals surface area contributed by atoms with E-state index in [1.165, 1.54) is 12.1 Å². The first-order valence-electron chi connectivity index (χ1n) is 4.62. The average molecular weight is 188 g/mol. The van der Waals surface area contributed by atoms with Crippen LogP contribution in [0.25, 0.3) is 0 Å². The van der Waals surface area contributed by atoms with E-state index in [1.54, 1.807) is 6.92 Å². The molecule has 0 aliphatic rings. The second kappa shape index (κ2) is 9.17. The van der Waals surface area contributed by atoms with Gasteiger partial charge in [0.1, 0.15) is 11.6 Å². The van der Waals surface area contributed by atoms with Crippen molar-refractivity contribution in [3.8, 4) is 0 Å². The molecule has 0 heterocycles. The minimum absolute atomic E-state index is 0.469. The zero-order valence-electron chi connectivity index (χ0n) is 8.99. The van der Waals surface area contributed by atoms with Crippen LogP contribution in [0.3, 0.4) is 0 Å². The van der Waals surface area contributed by atoms with Crippen molar-refractivity contribution in [1.82, 2.24) is 0 Å². The van der Waals surface area contributed by atoms with Crippen LogP contribution < -0.4 is 0 Å². The van der Waals surface area contributed by atoms with Crippen molar-refractivity contribution in [3.05, 3.63) is 35.4 Å². The molecular formula is C11H18F2. The van der Waals surface area contributed by atoms with Crippen LogP contribution in [0.2, 0.25) is 0 Å². The Kier molecular flexibility index (Phi) is 10.3. The maximum atomic E-state index is 12.3. The van der Waals surface area contributed by atoms with E-state index >= 15 is 0 Å². The fourth-order valence-corrected chi connectivity index (χ4v) is 0.567. The van der Waals surface area contributed by atoms with Crippen molar-refractivity contribution in [2.75, 3.05) is 0 Å². The van der Waals surface area contributed by atoms with Gasteiger partial charge in [0.2, 0.25) is 0 Å². The number of halogens is 2. The van der Waals surface area contributed by atoms with Crippen molar-refractivity contribution in [2.45, 2.75) is 34.6 Å². The van der Waals surface area contributed by atoms with Crippen LogP contribution >= 0.6 is 0 Å². The number of hydrogen-bond donors (Lipinski definition) is 0. The van der Waals surface area contributed by atoms with Gasteiger partial charge in [0.25, 0.3) is 0 Å². The molecule has 0 aliphatic heterocycles. The molecule has 0 atom stereocenters. The van der Waals surface area contributed by atoms with Gasteiger partial charge in [-0.05, 0) is 18.6 Å². The molecule has 0 saturated heterocycles. The monoisotopic (exact) mass is 188 g/mol. The molecular weight excluding hydrogens is 170 g/mol. The van der Waals surface area contributed by atoms with E-state index in [9.17, 15) is 8.78 Å². The summed E-state index contributed by atoms with van der Waals surface area (Å²) >= 11 is 0. The predicted molar refractivity (Wildman–Crippen MR) is 53.8 cm³/mol. The molecule has 0 N–H and O–H groups in total. The molecule has 0 bridgehead atoms. The molecule has 76 valence electrons. The Balaban J connectivity index is 0. The van der Waals surface area contributed by atoms with Gasteiger partial charge in [-0.1, -0.05) is 33.8 Å². The van der Waals surface area contributed by atoms with Gasteiger partial charge < -0.3 is 0 Å². The van der Waals surface area contributed by atoms with Crippen molar-refractivity contribution >= 4 is 0 Å². The first-order valence-corrected chi connectivity index (χ1v) is 4.62. The van der Waals surface area contributed by atoms with E-state index < -0.39 is 11.6 Å². The summed E-state index contributed by atoms with van der Waals surface area (Å²) < 4.78 is 24.4. The normalized spacial score (nSPS) is 7.62. The van der Waals surface area contributed by atoms with E-state index in [-0.39, 0.29) is 0 Å². The lowest BCUT2D eigenvalue weighted by atomic mass is 10.2. The first-order chi connectivity index (χ1) is 6.20. The highest BCUT2D eigenvalue weighted by Crippen LogP contribution is 2.06. The Morgan fingerprint density at radius 1 is 0.923 bits per heavy atom. The number of aryl methyl sites for hydroxylation is 1. The van der Waals surface area contributed by atoms with E-state index in [1.807, 2.05) is 27.7 Å². The summed E-state index contributed by atoms with van der Waals surface area (Å²) in [5.41, 5.74) is 0.469. The third kappa shape index (κ3) is 6.26. The van der Waals surface area contributed by atoms with Gasteiger partial charge in [-0.3, -0.25) is 0 Å². The Hall–Kier alpha value is -0.920. The van der Waals surface area contributed by atoms with Crippen LogP contribution in [0.5, 0.6) is 0 Å². The zero-order chi connectivity index (χ0) is 10.9. The second-order valence-corrected chi connectivity index (χ2v) is 1.89. The van der Waals surface area contributed by atoms with Crippen LogP contribution in [0.1, 0.15) is 33.3 Å². The SMILES string of the molecule is CC.CC.Cc1ccc(F)cc1F. The van der Waals surface area contributed by atoms with Gasteiger partial charge in [-0.15, -0.1) is 0 Å². The molecule has 13 heavy (non-hydrogen) atoms. The molecule has 0 unspecified atom stereocenters. The largest absolute Gasteiger partial charge is 0.207 e. The van der Waals surface area contributed by atoms with Gasteiger partial charge in [-0.25, -0.2) is 8.78 Å². The highest BCUT2D eigenvalue weighted by atomic mass is 19.1. The molecule has 2 heteroatoms. The molecule has 0 spiro atoms. The summed E-state index contributed by atoms with van der Waals surface area (Å²) in [6.07, 6.45) is 0. The van der Waals surface area contributed by atoms with E-state index in [2.05, 4.69) is 0 Å². The molecule has 1 aromatic rings. The molecule has 0 radical (unpaired) electrons. The maximum absolute atomic E-state index is 12.3. The Morgan fingerprint density at radius 3 is 1.69 bits per heavy atom. The van der Waals surface area contributed by atoms with Crippen molar-refractivity contribution in [3.63, 3.8) is 0 Å². The summed E-state index contributed by atoms with van der Waals surface area (Å²) in [5, 5.41) is 0. The number of rotatable bonds is 0. The molecule has 0 amide bonds. The summed E-state index contributed by atoms with van der Waals surface area (Å²) in [4.78, 5) is 0. The highest BCUT2D eigenvalue weighted by Gasteiger charge is 1.95. The average Bonchev–Trinajstić information content (AvgIpc) is 2.18. The van der Waals surface area contributed by atoms with E-state index in [0.717, 1.165) is 6.07 Å². The zero-order valence-corrected chi connectivity index (χ0v) is 8.99.